The van der Waals surface area contributed by atoms with Crippen molar-refractivity contribution in [2.45, 2.75) is 51.1 Å². The van der Waals surface area contributed by atoms with Crippen molar-refractivity contribution in [2.24, 2.45) is 0 Å². The fraction of sp³-hybridized carbons (Fsp3) is 0.579. The number of carbonyl (C=O) groups excluding carboxylic acids is 2. The molecule has 0 bridgehead atoms. The Morgan fingerprint density at radius 2 is 2.12 bits per heavy atom. The second-order valence-corrected chi connectivity index (χ2v) is 7.03. The number of likely N-dealkylation sites (tertiary alicyclic amines) is 1. The van der Waals surface area contributed by atoms with Crippen LogP contribution in [0.5, 0.6) is 5.75 Å². The van der Waals surface area contributed by atoms with E-state index < -0.39 is 0 Å². The van der Waals surface area contributed by atoms with E-state index in [1.165, 1.54) is 4.90 Å². The molecule has 6 heteroatoms. The highest BCUT2D eigenvalue weighted by Crippen LogP contribution is 2.32. The molecule has 0 saturated carbocycles. The largest absolute Gasteiger partial charge is 0.495 e. The number of methoxy groups -OCH3 is 1. The van der Waals surface area contributed by atoms with Gasteiger partial charge in [-0.2, -0.15) is 0 Å². The van der Waals surface area contributed by atoms with Crippen LogP contribution in [0.1, 0.15) is 37.7 Å². The van der Waals surface area contributed by atoms with Crippen molar-refractivity contribution in [3.63, 3.8) is 0 Å². The number of carbonyl (C=O) groups is 2. The van der Waals surface area contributed by atoms with Crippen molar-refractivity contribution in [1.29, 1.82) is 0 Å². The van der Waals surface area contributed by atoms with Gasteiger partial charge in [0.25, 0.3) is 5.91 Å². The molecule has 0 aliphatic carbocycles. The molecule has 136 valence electrons. The van der Waals surface area contributed by atoms with E-state index in [9.17, 15) is 14.7 Å². The standard InChI is InChI=1S/C19H26N2O4/c1-13-6-7-17(25-2)15(11-13)21-18(23)12-16(19(21)24)20-9-4-3-5-14(20)8-10-22/h6-7,11,14,16,22H,3-5,8-10,12H2,1-2H3/p+1/t14-,16-/m0/s1. The molecule has 3 rings (SSSR count). The third-order valence-electron chi connectivity index (χ3n) is 5.44. The number of aliphatic hydroxyl groups excluding tert-OH is 1. The van der Waals surface area contributed by atoms with E-state index in [0.29, 0.717) is 17.9 Å². The molecule has 6 nitrogen and oxygen atoms in total. The monoisotopic (exact) mass is 347 g/mol. The van der Waals surface area contributed by atoms with Crippen LogP contribution >= 0.6 is 0 Å². The number of hydrogen-bond acceptors (Lipinski definition) is 4. The van der Waals surface area contributed by atoms with Crippen LogP contribution in [0.15, 0.2) is 18.2 Å². The van der Waals surface area contributed by atoms with Crippen LogP contribution in [0.3, 0.4) is 0 Å². The maximum absolute atomic E-state index is 13.1. The number of anilines is 1. The summed E-state index contributed by atoms with van der Waals surface area (Å²) in [6, 6.07) is 5.42. The lowest BCUT2D eigenvalue weighted by atomic mass is 9.97. The number of nitrogens with zero attached hydrogens (tertiary/aromatic N) is 1. The van der Waals surface area contributed by atoms with Crippen LogP contribution in [0, 0.1) is 6.92 Å². The van der Waals surface area contributed by atoms with Crippen LogP contribution in [0.2, 0.25) is 0 Å². The summed E-state index contributed by atoms with van der Waals surface area (Å²) in [6.07, 6.45) is 4.09. The Labute approximate surface area is 148 Å². The van der Waals surface area contributed by atoms with E-state index in [1.807, 2.05) is 19.1 Å². The minimum absolute atomic E-state index is 0.123. The minimum atomic E-state index is -0.352. The minimum Gasteiger partial charge on any atom is -0.495 e. The van der Waals surface area contributed by atoms with Crippen molar-refractivity contribution >= 4 is 17.5 Å². The predicted octanol–water partition coefficient (Wildman–Crippen LogP) is 0.455. The summed E-state index contributed by atoms with van der Waals surface area (Å²) in [5, 5.41) is 9.33. The smallest absolute Gasteiger partial charge is 0.292 e. The fourth-order valence-corrected chi connectivity index (χ4v) is 4.20. The number of piperidine rings is 1. The SMILES string of the molecule is COc1ccc(C)cc1N1C(=O)C[C@H]([NH+]2CCCC[C@H]2CCO)C1=O. The fourth-order valence-electron chi connectivity index (χ4n) is 4.20. The molecule has 3 atom stereocenters. The summed E-state index contributed by atoms with van der Waals surface area (Å²) in [5.41, 5.74) is 1.51. The van der Waals surface area contributed by atoms with Gasteiger partial charge in [0, 0.05) is 13.0 Å². The average Bonchev–Trinajstić information content (AvgIpc) is 2.90. The molecular formula is C19H27N2O4+. The molecule has 0 aromatic heterocycles. The van der Waals surface area contributed by atoms with Crippen molar-refractivity contribution in [3.8, 4) is 5.75 Å². The van der Waals surface area contributed by atoms with E-state index in [1.54, 1.807) is 13.2 Å². The molecule has 1 aromatic carbocycles. The summed E-state index contributed by atoms with van der Waals surface area (Å²) < 4.78 is 5.36. The number of benzene rings is 1. The zero-order chi connectivity index (χ0) is 18.0. The van der Waals surface area contributed by atoms with Crippen molar-refractivity contribution in [1.82, 2.24) is 0 Å². The average molecular weight is 347 g/mol. The number of imide groups is 1. The molecule has 2 aliphatic heterocycles. The van der Waals surface area contributed by atoms with Crippen LogP contribution in [0.25, 0.3) is 0 Å². The van der Waals surface area contributed by atoms with E-state index in [2.05, 4.69) is 0 Å². The molecular weight excluding hydrogens is 320 g/mol. The van der Waals surface area contributed by atoms with Gasteiger partial charge in [-0.25, -0.2) is 4.90 Å². The molecule has 0 radical (unpaired) electrons. The first kappa shape index (κ1) is 17.9. The molecule has 2 saturated heterocycles. The Kier molecular flexibility index (Phi) is 5.39. The first-order valence-electron chi connectivity index (χ1n) is 9.04. The number of nitrogens with one attached hydrogen (secondary N) is 1. The molecule has 2 fully saturated rings. The van der Waals surface area contributed by atoms with Gasteiger partial charge in [-0.05, 0) is 43.9 Å². The first-order chi connectivity index (χ1) is 12.1. The molecule has 1 unspecified atom stereocenters. The number of rotatable bonds is 5. The topological polar surface area (TPSA) is 71.3 Å². The third-order valence-corrected chi connectivity index (χ3v) is 5.44. The second kappa shape index (κ2) is 7.54. The number of aryl methyl sites for hydroxylation is 1. The Balaban J connectivity index is 1.89. The molecule has 2 N–H and O–H groups in total. The van der Waals surface area contributed by atoms with Crippen molar-refractivity contribution < 1.29 is 24.3 Å². The second-order valence-electron chi connectivity index (χ2n) is 7.03. The lowest BCUT2D eigenvalue weighted by molar-refractivity contribution is -0.945. The normalized spacial score (nSPS) is 27.0. The number of hydrogen-bond donors (Lipinski definition) is 2. The number of quaternary nitrogens is 1. The summed E-state index contributed by atoms with van der Waals surface area (Å²) in [7, 11) is 1.55. The van der Waals surface area contributed by atoms with Gasteiger partial charge in [0.1, 0.15) is 5.75 Å². The summed E-state index contributed by atoms with van der Waals surface area (Å²) >= 11 is 0. The zero-order valence-electron chi connectivity index (χ0n) is 15.0. The maximum Gasteiger partial charge on any atom is 0.292 e. The van der Waals surface area contributed by atoms with Gasteiger partial charge in [0.15, 0.2) is 6.04 Å². The van der Waals surface area contributed by atoms with E-state index in [4.69, 9.17) is 4.74 Å². The summed E-state index contributed by atoms with van der Waals surface area (Å²) in [6.45, 7) is 2.93. The van der Waals surface area contributed by atoms with Gasteiger partial charge in [-0.1, -0.05) is 6.07 Å². The molecule has 2 amide bonds. The molecule has 0 spiro atoms. The zero-order valence-corrected chi connectivity index (χ0v) is 15.0. The number of ether oxygens (including phenoxy) is 1. The highest BCUT2D eigenvalue weighted by atomic mass is 16.5. The Hall–Kier alpha value is -1.92. The van der Waals surface area contributed by atoms with E-state index in [-0.39, 0.29) is 36.9 Å². The lowest BCUT2D eigenvalue weighted by Gasteiger charge is -2.35. The lowest BCUT2D eigenvalue weighted by Crippen LogP contribution is -3.20. The Bertz CT molecular complexity index is 659. The van der Waals surface area contributed by atoms with Gasteiger partial charge >= 0.3 is 0 Å². The quantitative estimate of drug-likeness (QED) is 0.759. The maximum atomic E-state index is 13.1. The van der Waals surface area contributed by atoms with Crippen LogP contribution in [0.4, 0.5) is 5.69 Å². The van der Waals surface area contributed by atoms with Gasteiger partial charge in [0.05, 0.1) is 31.8 Å². The highest BCUT2D eigenvalue weighted by molar-refractivity contribution is 6.22. The molecule has 25 heavy (non-hydrogen) atoms. The molecule has 1 aromatic rings. The van der Waals surface area contributed by atoms with Crippen molar-refractivity contribution in [3.05, 3.63) is 23.8 Å². The molecule has 2 heterocycles. The Morgan fingerprint density at radius 1 is 1.32 bits per heavy atom. The molecule has 2 aliphatic rings. The van der Waals surface area contributed by atoms with Gasteiger partial charge < -0.3 is 14.7 Å². The van der Waals surface area contributed by atoms with Crippen LogP contribution in [-0.4, -0.2) is 49.3 Å². The number of amides is 2. The van der Waals surface area contributed by atoms with E-state index in [0.717, 1.165) is 36.3 Å². The van der Waals surface area contributed by atoms with Gasteiger partial charge in [0.2, 0.25) is 5.91 Å². The Morgan fingerprint density at radius 3 is 2.84 bits per heavy atom. The highest BCUT2D eigenvalue weighted by Gasteiger charge is 2.48. The van der Waals surface area contributed by atoms with Crippen LogP contribution in [-0.2, 0) is 9.59 Å². The van der Waals surface area contributed by atoms with Gasteiger partial charge in [-0.15, -0.1) is 0 Å². The van der Waals surface area contributed by atoms with E-state index >= 15 is 0 Å². The van der Waals surface area contributed by atoms with Crippen molar-refractivity contribution in [2.75, 3.05) is 25.2 Å². The summed E-state index contributed by atoms with van der Waals surface area (Å²) in [5.74, 6) is 0.224. The van der Waals surface area contributed by atoms with Crippen LogP contribution < -0.4 is 14.5 Å². The summed E-state index contributed by atoms with van der Waals surface area (Å²) in [4.78, 5) is 28.2. The third kappa shape index (κ3) is 3.41. The number of aliphatic hydroxyl groups is 1. The van der Waals surface area contributed by atoms with Gasteiger partial charge in [-0.3, -0.25) is 9.59 Å². The first-order valence-corrected chi connectivity index (χ1v) is 9.04. The predicted molar refractivity (Wildman–Crippen MR) is 93.8 cm³/mol.